The molecule has 0 fully saturated rings. The Balaban J connectivity index is 2.18. The van der Waals surface area contributed by atoms with Crippen LogP contribution in [0.5, 0.6) is 0 Å². The fourth-order valence-corrected chi connectivity index (χ4v) is 2.35. The molecule has 2 unspecified atom stereocenters. The molecule has 0 aliphatic carbocycles. The van der Waals surface area contributed by atoms with Gasteiger partial charge in [-0.1, -0.05) is 54.9 Å². The number of rotatable bonds is 6. The predicted octanol–water partition coefficient (Wildman–Crippen LogP) is 4.47. The van der Waals surface area contributed by atoms with Crippen LogP contribution in [0.3, 0.4) is 0 Å². The Labute approximate surface area is 129 Å². The lowest BCUT2D eigenvalue weighted by Gasteiger charge is -2.24. The van der Waals surface area contributed by atoms with Gasteiger partial charge in [0.2, 0.25) is 0 Å². The Bertz CT molecular complexity index is 591. The van der Waals surface area contributed by atoms with Crippen molar-refractivity contribution < 1.29 is 9.13 Å². The first-order valence-electron chi connectivity index (χ1n) is 6.98. The quantitative estimate of drug-likeness (QED) is 0.854. The van der Waals surface area contributed by atoms with Crippen molar-refractivity contribution in [2.75, 3.05) is 0 Å². The normalized spacial score (nSPS) is 13.9. The van der Waals surface area contributed by atoms with Crippen molar-refractivity contribution in [3.63, 3.8) is 0 Å². The van der Waals surface area contributed by atoms with E-state index >= 15 is 0 Å². The minimum absolute atomic E-state index is 0.274. The van der Waals surface area contributed by atoms with Crippen molar-refractivity contribution in [1.82, 2.24) is 0 Å². The van der Waals surface area contributed by atoms with Crippen LogP contribution in [0.1, 0.15) is 30.6 Å². The van der Waals surface area contributed by atoms with E-state index < -0.39 is 6.10 Å². The minimum atomic E-state index is -0.493. The van der Waals surface area contributed by atoms with Gasteiger partial charge >= 0.3 is 0 Å². The van der Waals surface area contributed by atoms with Crippen molar-refractivity contribution in [1.29, 1.82) is 0 Å². The maximum absolute atomic E-state index is 14.0. The third-order valence-corrected chi connectivity index (χ3v) is 3.82. The fourth-order valence-electron chi connectivity index (χ4n) is 2.16. The molecule has 2 aromatic carbocycles. The van der Waals surface area contributed by atoms with Crippen LogP contribution in [0.2, 0.25) is 5.02 Å². The molecule has 0 bridgehead atoms. The van der Waals surface area contributed by atoms with Crippen LogP contribution in [0.15, 0.2) is 48.5 Å². The predicted molar refractivity (Wildman–Crippen MR) is 83.6 cm³/mol. The number of benzene rings is 2. The lowest BCUT2D eigenvalue weighted by Crippen LogP contribution is -2.30. The van der Waals surface area contributed by atoms with Crippen molar-refractivity contribution in [2.24, 2.45) is 5.73 Å². The summed E-state index contributed by atoms with van der Waals surface area (Å²) in [4.78, 5) is 0. The summed E-state index contributed by atoms with van der Waals surface area (Å²) in [6.07, 6.45) is 0.203. The Morgan fingerprint density at radius 2 is 1.81 bits per heavy atom. The van der Waals surface area contributed by atoms with Crippen molar-refractivity contribution in [3.05, 3.63) is 70.5 Å². The van der Waals surface area contributed by atoms with Gasteiger partial charge < -0.3 is 10.5 Å². The van der Waals surface area contributed by atoms with Gasteiger partial charge in [0, 0.05) is 16.6 Å². The average Bonchev–Trinajstić information content (AvgIpc) is 2.50. The largest absolute Gasteiger partial charge is 0.367 e. The molecule has 0 radical (unpaired) electrons. The molecule has 0 heterocycles. The Kier molecular flexibility index (Phi) is 5.74. The van der Waals surface area contributed by atoms with Gasteiger partial charge in [-0.25, -0.2) is 4.39 Å². The molecule has 0 spiro atoms. The van der Waals surface area contributed by atoms with Gasteiger partial charge in [-0.2, -0.15) is 0 Å². The Morgan fingerprint density at radius 3 is 2.48 bits per heavy atom. The molecule has 2 N–H and O–H groups in total. The highest BCUT2D eigenvalue weighted by Crippen LogP contribution is 2.27. The smallest absolute Gasteiger partial charge is 0.129 e. The molecule has 0 amide bonds. The molecule has 2 aromatic rings. The van der Waals surface area contributed by atoms with E-state index in [0.717, 1.165) is 5.56 Å². The second-order valence-corrected chi connectivity index (χ2v) is 5.32. The molecule has 0 aliphatic heterocycles. The molecule has 21 heavy (non-hydrogen) atoms. The highest BCUT2D eigenvalue weighted by molar-refractivity contribution is 6.31. The molecule has 112 valence electrons. The van der Waals surface area contributed by atoms with Crippen LogP contribution in [0.4, 0.5) is 4.39 Å². The maximum Gasteiger partial charge on any atom is 0.129 e. The van der Waals surface area contributed by atoms with Crippen LogP contribution in [0.25, 0.3) is 0 Å². The lowest BCUT2D eigenvalue weighted by molar-refractivity contribution is 0.0191. The summed E-state index contributed by atoms with van der Waals surface area (Å²) in [6, 6.07) is 13.7. The van der Waals surface area contributed by atoms with E-state index in [0.29, 0.717) is 23.6 Å². The van der Waals surface area contributed by atoms with Crippen LogP contribution in [-0.4, -0.2) is 6.04 Å². The molecule has 0 saturated heterocycles. The van der Waals surface area contributed by atoms with E-state index in [-0.39, 0.29) is 11.9 Å². The van der Waals surface area contributed by atoms with E-state index in [4.69, 9.17) is 22.1 Å². The summed E-state index contributed by atoms with van der Waals surface area (Å²) in [5.41, 5.74) is 7.45. The number of ether oxygens (including phenoxy) is 1. The number of nitrogens with two attached hydrogens (primary N) is 1. The molecule has 2 atom stereocenters. The second kappa shape index (κ2) is 7.55. The molecular formula is C17H19ClFNO. The van der Waals surface area contributed by atoms with Gasteiger partial charge in [0.15, 0.2) is 0 Å². The van der Waals surface area contributed by atoms with Gasteiger partial charge in [0.25, 0.3) is 0 Å². The topological polar surface area (TPSA) is 35.2 Å². The standard InChI is InChI=1S/C17H19ClFNO/c1-2-16(20)17(13-8-4-6-10-15(13)19)21-11-12-7-3-5-9-14(12)18/h3-10,16-17H,2,11,20H2,1H3. The summed E-state index contributed by atoms with van der Waals surface area (Å²) >= 11 is 6.11. The molecular weight excluding hydrogens is 289 g/mol. The van der Waals surface area contributed by atoms with E-state index in [1.54, 1.807) is 24.3 Å². The summed E-state index contributed by atoms with van der Waals surface area (Å²) < 4.78 is 19.9. The highest BCUT2D eigenvalue weighted by Gasteiger charge is 2.22. The van der Waals surface area contributed by atoms with Gasteiger partial charge in [-0.05, 0) is 24.1 Å². The van der Waals surface area contributed by atoms with Crippen molar-refractivity contribution in [3.8, 4) is 0 Å². The van der Waals surface area contributed by atoms with E-state index in [9.17, 15) is 4.39 Å². The monoisotopic (exact) mass is 307 g/mol. The summed E-state index contributed by atoms with van der Waals surface area (Å²) in [6.45, 7) is 2.25. The van der Waals surface area contributed by atoms with Gasteiger partial charge in [0.1, 0.15) is 11.9 Å². The molecule has 4 heteroatoms. The van der Waals surface area contributed by atoms with E-state index in [1.165, 1.54) is 6.07 Å². The van der Waals surface area contributed by atoms with Gasteiger partial charge in [0.05, 0.1) is 6.61 Å². The summed E-state index contributed by atoms with van der Waals surface area (Å²) in [7, 11) is 0. The summed E-state index contributed by atoms with van der Waals surface area (Å²) in [5.74, 6) is -0.300. The van der Waals surface area contributed by atoms with Crippen LogP contribution < -0.4 is 5.73 Å². The first-order valence-corrected chi connectivity index (χ1v) is 7.36. The minimum Gasteiger partial charge on any atom is -0.367 e. The number of hydrogen-bond acceptors (Lipinski definition) is 2. The highest BCUT2D eigenvalue weighted by atomic mass is 35.5. The first-order chi connectivity index (χ1) is 10.1. The number of halogens is 2. The van der Waals surface area contributed by atoms with Crippen molar-refractivity contribution >= 4 is 11.6 Å². The third-order valence-electron chi connectivity index (χ3n) is 3.45. The zero-order chi connectivity index (χ0) is 15.2. The van der Waals surface area contributed by atoms with Crippen LogP contribution in [-0.2, 0) is 11.3 Å². The van der Waals surface area contributed by atoms with Crippen LogP contribution in [0, 0.1) is 5.82 Å². The zero-order valence-corrected chi connectivity index (χ0v) is 12.7. The van der Waals surface area contributed by atoms with Gasteiger partial charge in [-0.3, -0.25) is 0 Å². The molecule has 0 aliphatic rings. The van der Waals surface area contributed by atoms with Crippen LogP contribution >= 0.6 is 11.6 Å². The SMILES string of the molecule is CCC(N)C(OCc1ccccc1Cl)c1ccccc1F. The second-order valence-electron chi connectivity index (χ2n) is 4.92. The first kappa shape index (κ1) is 16.0. The van der Waals surface area contributed by atoms with E-state index in [2.05, 4.69) is 0 Å². The third kappa shape index (κ3) is 4.03. The maximum atomic E-state index is 14.0. The summed E-state index contributed by atoms with van der Waals surface area (Å²) in [5, 5.41) is 0.634. The lowest BCUT2D eigenvalue weighted by atomic mass is 10.0. The number of hydrogen-bond donors (Lipinski definition) is 1. The fraction of sp³-hybridized carbons (Fsp3) is 0.294. The molecule has 2 nitrogen and oxygen atoms in total. The average molecular weight is 308 g/mol. The Hall–Kier alpha value is -1.42. The molecule has 2 rings (SSSR count). The van der Waals surface area contributed by atoms with Gasteiger partial charge in [-0.15, -0.1) is 0 Å². The van der Waals surface area contributed by atoms with E-state index in [1.807, 2.05) is 25.1 Å². The molecule has 0 aromatic heterocycles. The van der Waals surface area contributed by atoms with Crippen molar-refractivity contribution in [2.45, 2.75) is 32.1 Å². The Morgan fingerprint density at radius 1 is 1.14 bits per heavy atom. The zero-order valence-electron chi connectivity index (χ0n) is 11.9. The molecule has 0 saturated carbocycles.